The summed E-state index contributed by atoms with van der Waals surface area (Å²) in [5.41, 5.74) is 5.52. The van der Waals surface area contributed by atoms with E-state index >= 15 is 0 Å². The SMILES string of the molecule is C=C(CC=C(C)C)C(CC=C(C)C)CC=C(C)C. The zero-order valence-corrected chi connectivity index (χ0v) is 13.1. The first-order valence-corrected chi connectivity index (χ1v) is 6.90. The van der Waals surface area contributed by atoms with Gasteiger partial charge < -0.3 is 0 Å². The van der Waals surface area contributed by atoms with Crippen LogP contribution in [0.2, 0.25) is 0 Å². The van der Waals surface area contributed by atoms with Crippen molar-refractivity contribution in [3.05, 3.63) is 47.1 Å². The molecule has 0 unspecified atom stereocenters. The summed E-state index contributed by atoms with van der Waals surface area (Å²) in [5.74, 6) is 0.574. The van der Waals surface area contributed by atoms with Gasteiger partial charge >= 0.3 is 0 Å². The van der Waals surface area contributed by atoms with Gasteiger partial charge in [0.25, 0.3) is 0 Å². The van der Waals surface area contributed by atoms with Crippen LogP contribution >= 0.6 is 0 Å². The molecule has 0 aromatic carbocycles. The second-order valence-electron chi connectivity index (χ2n) is 5.88. The lowest BCUT2D eigenvalue weighted by atomic mass is 9.89. The average molecular weight is 246 g/mol. The number of hydrogen-bond donors (Lipinski definition) is 0. The molecule has 0 heteroatoms. The first-order valence-electron chi connectivity index (χ1n) is 6.90. The van der Waals surface area contributed by atoms with Gasteiger partial charge in [-0.2, -0.15) is 0 Å². The summed E-state index contributed by atoms with van der Waals surface area (Å²) in [7, 11) is 0. The van der Waals surface area contributed by atoms with E-state index in [0.717, 1.165) is 19.3 Å². The molecule has 0 radical (unpaired) electrons. The second-order valence-corrected chi connectivity index (χ2v) is 5.88. The van der Waals surface area contributed by atoms with E-state index in [-0.39, 0.29) is 0 Å². The Bertz CT molecular complexity index is 318. The summed E-state index contributed by atoms with van der Waals surface area (Å²) in [4.78, 5) is 0. The van der Waals surface area contributed by atoms with Crippen molar-refractivity contribution in [3.8, 4) is 0 Å². The normalized spacial score (nSPS) is 9.94. The lowest BCUT2D eigenvalue weighted by molar-refractivity contribution is 0.619. The Hall–Kier alpha value is -1.04. The number of rotatable bonds is 7. The maximum Gasteiger partial charge on any atom is -0.0133 e. The third-order valence-electron chi connectivity index (χ3n) is 2.97. The summed E-state index contributed by atoms with van der Waals surface area (Å²) >= 11 is 0. The predicted molar refractivity (Wildman–Crippen MR) is 84.8 cm³/mol. The van der Waals surface area contributed by atoms with Gasteiger partial charge in [-0.1, -0.05) is 47.1 Å². The van der Waals surface area contributed by atoms with E-state index in [9.17, 15) is 0 Å². The molecular weight excluding hydrogens is 216 g/mol. The zero-order valence-electron chi connectivity index (χ0n) is 13.1. The van der Waals surface area contributed by atoms with Crippen molar-refractivity contribution in [1.29, 1.82) is 0 Å². The minimum absolute atomic E-state index is 0.574. The van der Waals surface area contributed by atoms with Crippen LogP contribution in [0.3, 0.4) is 0 Å². The van der Waals surface area contributed by atoms with Crippen LogP contribution in [0.4, 0.5) is 0 Å². The predicted octanol–water partition coefficient (Wildman–Crippen LogP) is 6.23. The molecule has 102 valence electrons. The Balaban J connectivity index is 4.63. The molecule has 0 saturated heterocycles. The van der Waals surface area contributed by atoms with Crippen molar-refractivity contribution in [2.24, 2.45) is 5.92 Å². The summed E-state index contributed by atoms with van der Waals surface area (Å²) < 4.78 is 0. The topological polar surface area (TPSA) is 0 Å². The summed E-state index contributed by atoms with van der Waals surface area (Å²) in [5, 5.41) is 0. The van der Waals surface area contributed by atoms with Crippen molar-refractivity contribution < 1.29 is 0 Å². The van der Waals surface area contributed by atoms with Crippen molar-refractivity contribution in [3.63, 3.8) is 0 Å². The molecule has 0 amide bonds. The summed E-state index contributed by atoms with van der Waals surface area (Å²) in [6, 6.07) is 0. The van der Waals surface area contributed by atoms with Crippen molar-refractivity contribution in [2.75, 3.05) is 0 Å². The lowest BCUT2D eigenvalue weighted by Gasteiger charge is -2.16. The van der Waals surface area contributed by atoms with Crippen LogP contribution in [-0.2, 0) is 0 Å². The minimum Gasteiger partial charge on any atom is -0.0992 e. The fraction of sp³-hybridized carbons (Fsp3) is 0.556. The molecule has 18 heavy (non-hydrogen) atoms. The molecule has 0 aromatic rings. The van der Waals surface area contributed by atoms with E-state index in [0.29, 0.717) is 5.92 Å². The fourth-order valence-corrected chi connectivity index (χ4v) is 1.69. The van der Waals surface area contributed by atoms with Gasteiger partial charge in [-0.25, -0.2) is 0 Å². The Morgan fingerprint density at radius 3 is 1.50 bits per heavy atom. The zero-order chi connectivity index (χ0) is 14.1. The van der Waals surface area contributed by atoms with Gasteiger partial charge in [-0.3, -0.25) is 0 Å². The first-order chi connectivity index (χ1) is 8.32. The van der Waals surface area contributed by atoms with Crippen molar-refractivity contribution >= 4 is 0 Å². The van der Waals surface area contributed by atoms with Crippen LogP contribution in [0.25, 0.3) is 0 Å². The highest BCUT2D eigenvalue weighted by atomic mass is 14.1. The van der Waals surface area contributed by atoms with E-state index in [1.54, 1.807) is 0 Å². The molecule has 0 aliphatic carbocycles. The van der Waals surface area contributed by atoms with Crippen molar-refractivity contribution in [1.82, 2.24) is 0 Å². The molecule has 0 heterocycles. The minimum atomic E-state index is 0.574. The maximum atomic E-state index is 4.28. The van der Waals surface area contributed by atoms with Gasteiger partial charge in [0.2, 0.25) is 0 Å². The quantitative estimate of drug-likeness (QED) is 0.467. The monoisotopic (exact) mass is 246 g/mol. The lowest BCUT2D eigenvalue weighted by Crippen LogP contribution is -2.01. The maximum absolute atomic E-state index is 4.28. The molecule has 0 aromatic heterocycles. The van der Waals surface area contributed by atoms with Crippen molar-refractivity contribution in [2.45, 2.75) is 60.8 Å². The molecule has 0 nitrogen and oxygen atoms in total. The van der Waals surface area contributed by atoms with E-state index < -0.39 is 0 Å². The molecule has 0 N–H and O–H groups in total. The summed E-state index contributed by atoms with van der Waals surface area (Å²) in [6.45, 7) is 17.2. The molecule has 0 fully saturated rings. The fourth-order valence-electron chi connectivity index (χ4n) is 1.69. The number of allylic oxidation sites excluding steroid dienone is 7. The van der Waals surface area contributed by atoms with E-state index in [1.165, 1.54) is 22.3 Å². The molecular formula is C18H30. The molecule has 0 atom stereocenters. The summed E-state index contributed by atoms with van der Waals surface area (Å²) in [6.07, 6.45) is 10.2. The van der Waals surface area contributed by atoms with E-state index in [4.69, 9.17) is 0 Å². The van der Waals surface area contributed by atoms with Gasteiger partial charge in [0.1, 0.15) is 0 Å². The van der Waals surface area contributed by atoms with Crippen LogP contribution in [0.15, 0.2) is 47.1 Å². The third-order valence-corrected chi connectivity index (χ3v) is 2.97. The van der Waals surface area contributed by atoms with Gasteiger partial charge in [-0.05, 0) is 66.7 Å². The third kappa shape index (κ3) is 9.04. The average Bonchev–Trinajstić information content (AvgIpc) is 2.25. The highest BCUT2D eigenvalue weighted by Gasteiger charge is 2.09. The Labute approximate surface area is 114 Å². The number of hydrogen-bond acceptors (Lipinski definition) is 0. The van der Waals surface area contributed by atoms with Crippen LogP contribution in [-0.4, -0.2) is 0 Å². The van der Waals surface area contributed by atoms with Gasteiger partial charge in [-0.15, -0.1) is 0 Å². The molecule has 0 aliphatic heterocycles. The standard InChI is InChI=1S/C18H30/c1-14(2)8-11-17(7)18(12-9-15(3)4)13-10-16(5)6/h8-10,18H,7,11-13H2,1-6H3. The smallest absolute Gasteiger partial charge is 0.0133 e. The van der Waals surface area contributed by atoms with Crippen LogP contribution < -0.4 is 0 Å². The van der Waals surface area contributed by atoms with E-state index in [1.807, 2.05) is 0 Å². The highest BCUT2D eigenvalue weighted by molar-refractivity contribution is 5.13. The van der Waals surface area contributed by atoms with Crippen LogP contribution in [0.1, 0.15) is 60.8 Å². The van der Waals surface area contributed by atoms with Gasteiger partial charge in [0.05, 0.1) is 0 Å². The Morgan fingerprint density at radius 1 is 0.778 bits per heavy atom. The Morgan fingerprint density at radius 2 is 1.17 bits per heavy atom. The molecule has 0 rings (SSSR count). The van der Waals surface area contributed by atoms with Crippen LogP contribution in [0.5, 0.6) is 0 Å². The van der Waals surface area contributed by atoms with Crippen LogP contribution in [0, 0.1) is 5.92 Å². The molecule has 0 aliphatic rings. The molecule has 0 saturated carbocycles. The Kier molecular flexibility index (Phi) is 8.45. The van der Waals surface area contributed by atoms with Gasteiger partial charge in [0, 0.05) is 0 Å². The van der Waals surface area contributed by atoms with Gasteiger partial charge in [0.15, 0.2) is 0 Å². The largest absolute Gasteiger partial charge is 0.0992 e. The van der Waals surface area contributed by atoms with E-state index in [2.05, 4.69) is 66.3 Å². The highest BCUT2D eigenvalue weighted by Crippen LogP contribution is 2.24. The molecule has 0 bridgehead atoms. The second kappa shape index (κ2) is 8.97. The first kappa shape index (κ1) is 17.0. The molecule has 0 spiro atoms.